The minimum absolute atomic E-state index is 0.00963. The largest absolute Gasteiger partial charge is 0.466 e. The predicted octanol–water partition coefficient (Wildman–Crippen LogP) is 17.9. The van der Waals surface area contributed by atoms with Gasteiger partial charge in [0.1, 0.15) is 12.2 Å². The van der Waals surface area contributed by atoms with Crippen LogP contribution in [-0.2, 0) is 38.1 Å². The Bertz CT molecular complexity index is 1060. The molecule has 0 aliphatic rings. The highest BCUT2D eigenvalue weighted by Gasteiger charge is 2.16. The smallest absolute Gasteiger partial charge is 0.306 e. The fourth-order valence-electron chi connectivity index (χ4n) is 8.84. The topological polar surface area (TPSA) is 105 Å². The van der Waals surface area contributed by atoms with Crippen molar-refractivity contribution in [1.82, 2.24) is 0 Å². The molecular formula is C58H110O8. The van der Waals surface area contributed by atoms with Crippen LogP contribution in [0.4, 0.5) is 0 Å². The summed E-state index contributed by atoms with van der Waals surface area (Å²) in [5.41, 5.74) is 0. The first-order chi connectivity index (χ1) is 32.4. The van der Waals surface area contributed by atoms with Crippen molar-refractivity contribution < 1.29 is 38.1 Å². The molecule has 2 atom stereocenters. The second-order valence-electron chi connectivity index (χ2n) is 19.8. The van der Waals surface area contributed by atoms with Crippen LogP contribution in [0.15, 0.2) is 0 Å². The Kier molecular flexibility index (Phi) is 50.6. The molecule has 0 radical (unpaired) electrons. The van der Waals surface area contributed by atoms with Crippen LogP contribution in [-0.4, -0.2) is 49.3 Å². The van der Waals surface area contributed by atoms with Crippen molar-refractivity contribution >= 4 is 23.9 Å². The SMILES string of the molecule is CCCCCCCCCC(CCCCCCCC(=O)OCCCCCCCCCCOC(=O)CCCCCCCCC(CCCCCCCC)OC(=O)CCCCC)OC(=O)CCCCC. The molecule has 0 aromatic rings. The molecule has 0 aliphatic carbocycles. The van der Waals surface area contributed by atoms with E-state index >= 15 is 0 Å². The zero-order chi connectivity index (χ0) is 48.2. The molecule has 66 heavy (non-hydrogen) atoms. The Morgan fingerprint density at radius 2 is 0.470 bits per heavy atom. The molecule has 0 bridgehead atoms. The molecule has 8 nitrogen and oxygen atoms in total. The van der Waals surface area contributed by atoms with E-state index in [0.29, 0.717) is 38.9 Å². The van der Waals surface area contributed by atoms with Crippen LogP contribution < -0.4 is 0 Å². The summed E-state index contributed by atoms with van der Waals surface area (Å²) < 4.78 is 22.8. The predicted molar refractivity (Wildman–Crippen MR) is 277 cm³/mol. The molecule has 0 aliphatic heterocycles. The standard InChI is InChI=1S/C58H110O8/c1-5-9-13-15-19-26-36-44-54(66-58(62)50-34-12-8-4)46-38-28-24-30-40-48-56(60)64-52-42-32-23-18-17-22-31-41-51-63-55(59)47-39-29-21-20-27-37-45-53(43-35-25-16-14-10-6-2)65-57(61)49-33-11-7-3/h53-54H,5-52H2,1-4H3. The van der Waals surface area contributed by atoms with E-state index in [1.165, 1.54) is 103 Å². The first-order valence-corrected chi connectivity index (χ1v) is 29.1. The van der Waals surface area contributed by atoms with E-state index in [-0.39, 0.29) is 36.1 Å². The van der Waals surface area contributed by atoms with Gasteiger partial charge in [-0.3, -0.25) is 19.2 Å². The summed E-state index contributed by atoms with van der Waals surface area (Å²) in [5.74, 6) is -0.150. The van der Waals surface area contributed by atoms with Gasteiger partial charge in [0.2, 0.25) is 0 Å². The first-order valence-electron chi connectivity index (χ1n) is 29.1. The van der Waals surface area contributed by atoms with E-state index in [2.05, 4.69) is 27.7 Å². The van der Waals surface area contributed by atoms with Crippen LogP contribution in [0.2, 0.25) is 0 Å². The Labute approximate surface area is 409 Å². The second kappa shape index (κ2) is 52.3. The number of rotatable bonds is 53. The third-order valence-corrected chi connectivity index (χ3v) is 13.2. The summed E-state index contributed by atoms with van der Waals surface area (Å²) in [6, 6.07) is 0. The molecule has 0 heterocycles. The Balaban J connectivity index is 3.77. The number of hydrogen-bond donors (Lipinski definition) is 0. The summed E-state index contributed by atoms with van der Waals surface area (Å²) in [6.45, 7) is 9.88. The zero-order valence-electron chi connectivity index (χ0n) is 44.4. The average Bonchev–Trinajstić information content (AvgIpc) is 3.30. The number of carbonyl (C=O) groups is 4. The van der Waals surface area contributed by atoms with Crippen LogP contribution in [0.3, 0.4) is 0 Å². The molecule has 0 rings (SSSR count). The maximum atomic E-state index is 12.4. The van der Waals surface area contributed by atoms with Crippen molar-refractivity contribution in [3.63, 3.8) is 0 Å². The van der Waals surface area contributed by atoms with Crippen molar-refractivity contribution in [2.45, 2.75) is 335 Å². The lowest BCUT2D eigenvalue weighted by Crippen LogP contribution is -2.18. The fraction of sp³-hybridized carbons (Fsp3) is 0.931. The highest BCUT2D eigenvalue weighted by Crippen LogP contribution is 2.20. The molecule has 0 amide bonds. The van der Waals surface area contributed by atoms with Crippen LogP contribution in [0.1, 0.15) is 323 Å². The molecule has 0 aromatic carbocycles. The maximum Gasteiger partial charge on any atom is 0.306 e. The number of unbranched alkanes of at least 4 members (excludes halogenated alkanes) is 31. The van der Waals surface area contributed by atoms with E-state index in [4.69, 9.17) is 18.9 Å². The van der Waals surface area contributed by atoms with Gasteiger partial charge in [-0.05, 0) is 89.9 Å². The zero-order valence-corrected chi connectivity index (χ0v) is 44.4. The summed E-state index contributed by atoms with van der Waals surface area (Å²) in [6.07, 6.45) is 49.5. The highest BCUT2D eigenvalue weighted by atomic mass is 16.6. The molecule has 0 saturated heterocycles. The lowest BCUT2D eigenvalue weighted by atomic mass is 10.0. The number of esters is 4. The van der Waals surface area contributed by atoms with Gasteiger partial charge in [0, 0.05) is 25.7 Å². The Hall–Kier alpha value is -2.12. The molecule has 0 spiro atoms. The summed E-state index contributed by atoms with van der Waals surface area (Å²) in [7, 11) is 0. The molecule has 0 saturated carbocycles. The number of carbonyl (C=O) groups excluding carboxylic acids is 4. The van der Waals surface area contributed by atoms with Gasteiger partial charge in [-0.25, -0.2) is 0 Å². The third kappa shape index (κ3) is 48.3. The van der Waals surface area contributed by atoms with Gasteiger partial charge in [0.25, 0.3) is 0 Å². The monoisotopic (exact) mass is 935 g/mol. The van der Waals surface area contributed by atoms with Crippen molar-refractivity contribution in [3.05, 3.63) is 0 Å². The Morgan fingerprint density at radius 1 is 0.258 bits per heavy atom. The lowest BCUT2D eigenvalue weighted by molar-refractivity contribution is -0.151. The molecule has 0 fully saturated rings. The van der Waals surface area contributed by atoms with Crippen molar-refractivity contribution in [2.24, 2.45) is 0 Å². The van der Waals surface area contributed by atoms with Crippen LogP contribution in [0, 0.1) is 0 Å². The highest BCUT2D eigenvalue weighted by molar-refractivity contribution is 5.70. The van der Waals surface area contributed by atoms with Gasteiger partial charge in [-0.1, -0.05) is 207 Å². The van der Waals surface area contributed by atoms with E-state index in [9.17, 15) is 19.2 Å². The van der Waals surface area contributed by atoms with E-state index in [1.54, 1.807) is 0 Å². The molecule has 2 unspecified atom stereocenters. The Morgan fingerprint density at radius 3 is 0.773 bits per heavy atom. The van der Waals surface area contributed by atoms with Gasteiger partial charge in [-0.2, -0.15) is 0 Å². The van der Waals surface area contributed by atoms with Crippen LogP contribution >= 0.6 is 0 Å². The molecule has 8 heteroatoms. The summed E-state index contributed by atoms with van der Waals surface area (Å²) in [5, 5.41) is 0. The normalized spacial score (nSPS) is 12.2. The molecular weight excluding hydrogens is 825 g/mol. The quantitative estimate of drug-likeness (QED) is 0.0337. The average molecular weight is 936 g/mol. The summed E-state index contributed by atoms with van der Waals surface area (Å²) in [4.78, 5) is 49.2. The molecule has 0 aromatic heterocycles. The van der Waals surface area contributed by atoms with Crippen molar-refractivity contribution in [2.75, 3.05) is 13.2 Å². The minimum atomic E-state index is -0.0656. The van der Waals surface area contributed by atoms with Crippen LogP contribution in [0.25, 0.3) is 0 Å². The van der Waals surface area contributed by atoms with Crippen LogP contribution in [0.5, 0.6) is 0 Å². The fourth-order valence-corrected chi connectivity index (χ4v) is 8.84. The van der Waals surface area contributed by atoms with Gasteiger partial charge in [0.05, 0.1) is 13.2 Å². The number of ether oxygens (including phenoxy) is 4. The van der Waals surface area contributed by atoms with E-state index < -0.39 is 0 Å². The molecule has 390 valence electrons. The first kappa shape index (κ1) is 63.9. The third-order valence-electron chi connectivity index (χ3n) is 13.2. The van der Waals surface area contributed by atoms with E-state index in [0.717, 1.165) is 167 Å². The van der Waals surface area contributed by atoms with Gasteiger partial charge in [-0.15, -0.1) is 0 Å². The molecule has 0 N–H and O–H groups in total. The number of hydrogen-bond acceptors (Lipinski definition) is 8. The summed E-state index contributed by atoms with van der Waals surface area (Å²) >= 11 is 0. The van der Waals surface area contributed by atoms with Crippen molar-refractivity contribution in [1.29, 1.82) is 0 Å². The maximum absolute atomic E-state index is 12.4. The second-order valence-corrected chi connectivity index (χ2v) is 19.8. The van der Waals surface area contributed by atoms with Gasteiger partial charge in [0.15, 0.2) is 0 Å². The van der Waals surface area contributed by atoms with Gasteiger partial charge >= 0.3 is 23.9 Å². The van der Waals surface area contributed by atoms with E-state index in [1.807, 2.05) is 0 Å². The van der Waals surface area contributed by atoms with Crippen molar-refractivity contribution in [3.8, 4) is 0 Å². The minimum Gasteiger partial charge on any atom is -0.466 e. The lowest BCUT2D eigenvalue weighted by Gasteiger charge is -2.18. The van der Waals surface area contributed by atoms with Gasteiger partial charge < -0.3 is 18.9 Å².